The average molecular weight is 306 g/mol. The van der Waals surface area contributed by atoms with Crippen LogP contribution in [0.4, 0.5) is 5.95 Å². The zero-order valence-electron chi connectivity index (χ0n) is 12.9. The van der Waals surface area contributed by atoms with Crippen molar-refractivity contribution in [1.82, 2.24) is 15.3 Å². The second-order valence-electron chi connectivity index (χ2n) is 5.68. The van der Waals surface area contributed by atoms with E-state index in [2.05, 4.69) is 20.2 Å². The Hall–Kier alpha value is -1.73. The predicted octanol–water partition coefficient (Wildman–Crippen LogP) is 0.274. The first-order chi connectivity index (χ1) is 10.7. The zero-order valence-corrected chi connectivity index (χ0v) is 12.9. The van der Waals surface area contributed by atoms with Gasteiger partial charge in [0, 0.05) is 25.4 Å². The van der Waals surface area contributed by atoms with Gasteiger partial charge in [0.05, 0.1) is 38.0 Å². The smallest absolute Gasteiger partial charge is 0.225 e. The zero-order chi connectivity index (χ0) is 15.4. The van der Waals surface area contributed by atoms with Crippen LogP contribution in [0.2, 0.25) is 0 Å². The van der Waals surface area contributed by atoms with E-state index in [4.69, 9.17) is 9.47 Å². The van der Waals surface area contributed by atoms with Gasteiger partial charge in [-0.15, -0.1) is 0 Å². The highest BCUT2D eigenvalue weighted by molar-refractivity contribution is 5.78. The number of aromatic nitrogens is 2. The van der Waals surface area contributed by atoms with Gasteiger partial charge in [-0.3, -0.25) is 4.79 Å². The highest BCUT2D eigenvalue weighted by Crippen LogP contribution is 2.14. The number of nitrogens with one attached hydrogen (secondary N) is 1. The lowest BCUT2D eigenvalue weighted by atomic mass is 10.1. The molecule has 1 aromatic rings. The summed E-state index contributed by atoms with van der Waals surface area (Å²) in [4.78, 5) is 23.2. The molecule has 7 nitrogen and oxygen atoms in total. The number of morpholine rings is 1. The molecule has 120 valence electrons. The Morgan fingerprint density at radius 2 is 2.14 bits per heavy atom. The van der Waals surface area contributed by atoms with Crippen LogP contribution in [0.25, 0.3) is 0 Å². The van der Waals surface area contributed by atoms with Crippen molar-refractivity contribution in [3.05, 3.63) is 17.5 Å². The van der Waals surface area contributed by atoms with Crippen molar-refractivity contribution in [1.29, 1.82) is 0 Å². The first-order valence-corrected chi connectivity index (χ1v) is 7.75. The SMILES string of the molecule is Cc1cc(CNC(=O)C2CCOC2)nc(N2CCOCC2)n1. The molecular formula is C15H22N4O3. The van der Waals surface area contributed by atoms with Gasteiger partial charge in [0.1, 0.15) is 0 Å². The number of rotatable bonds is 4. The van der Waals surface area contributed by atoms with Crippen LogP contribution in [0.15, 0.2) is 6.07 Å². The minimum Gasteiger partial charge on any atom is -0.381 e. The standard InChI is InChI=1S/C15H22N4O3/c1-11-8-13(9-16-14(20)12-2-5-22-10-12)18-15(17-11)19-3-6-21-7-4-19/h8,12H,2-7,9-10H2,1H3,(H,16,20). The Morgan fingerprint density at radius 1 is 1.32 bits per heavy atom. The minimum absolute atomic E-state index is 0.0263. The molecule has 0 aromatic carbocycles. The molecular weight excluding hydrogens is 284 g/mol. The largest absolute Gasteiger partial charge is 0.381 e. The molecule has 1 amide bonds. The number of carbonyl (C=O) groups is 1. The third-order valence-electron chi connectivity index (χ3n) is 3.93. The molecule has 2 aliphatic heterocycles. The minimum atomic E-state index is -0.0263. The maximum absolute atomic E-state index is 12.0. The van der Waals surface area contributed by atoms with Gasteiger partial charge in [-0.2, -0.15) is 0 Å². The monoisotopic (exact) mass is 306 g/mol. The molecule has 22 heavy (non-hydrogen) atoms. The van der Waals surface area contributed by atoms with Crippen LogP contribution in [-0.2, 0) is 20.8 Å². The Bertz CT molecular complexity index is 526. The Morgan fingerprint density at radius 3 is 2.86 bits per heavy atom. The second-order valence-corrected chi connectivity index (χ2v) is 5.68. The lowest BCUT2D eigenvalue weighted by Crippen LogP contribution is -2.37. The van der Waals surface area contributed by atoms with Crippen molar-refractivity contribution >= 4 is 11.9 Å². The number of nitrogens with zero attached hydrogens (tertiary/aromatic N) is 3. The van der Waals surface area contributed by atoms with E-state index in [-0.39, 0.29) is 11.8 Å². The summed E-state index contributed by atoms with van der Waals surface area (Å²) < 4.78 is 10.6. The number of carbonyl (C=O) groups excluding carboxylic acids is 1. The van der Waals surface area contributed by atoms with E-state index in [9.17, 15) is 4.79 Å². The average Bonchev–Trinajstić information content (AvgIpc) is 3.07. The van der Waals surface area contributed by atoms with E-state index in [1.807, 2.05) is 13.0 Å². The van der Waals surface area contributed by atoms with Crippen LogP contribution in [0.5, 0.6) is 0 Å². The van der Waals surface area contributed by atoms with E-state index in [1.54, 1.807) is 0 Å². The maximum Gasteiger partial charge on any atom is 0.225 e. The van der Waals surface area contributed by atoms with E-state index in [0.717, 1.165) is 36.8 Å². The molecule has 0 aliphatic carbocycles. The molecule has 7 heteroatoms. The molecule has 2 saturated heterocycles. The Kier molecular flexibility index (Phi) is 4.84. The fourth-order valence-electron chi connectivity index (χ4n) is 2.68. The fourth-order valence-corrected chi connectivity index (χ4v) is 2.68. The number of ether oxygens (including phenoxy) is 2. The summed E-state index contributed by atoms with van der Waals surface area (Å²) in [5, 5.41) is 2.95. The number of anilines is 1. The molecule has 2 aliphatic rings. The fraction of sp³-hybridized carbons (Fsp3) is 0.667. The molecule has 0 spiro atoms. The highest BCUT2D eigenvalue weighted by Gasteiger charge is 2.23. The van der Waals surface area contributed by atoms with Gasteiger partial charge in [-0.1, -0.05) is 0 Å². The van der Waals surface area contributed by atoms with Gasteiger partial charge in [0.2, 0.25) is 11.9 Å². The van der Waals surface area contributed by atoms with Crippen molar-refractivity contribution in [2.75, 3.05) is 44.4 Å². The Balaban J connectivity index is 1.62. The van der Waals surface area contributed by atoms with E-state index in [0.29, 0.717) is 33.0 Å². The van der Waals surface area contributed by atoms with E-state index < -0.39 is 0 Å². The summed E-state index contributed by atoms with van der Waals surface area (Å²) in [6.07, 6.45) is 0.799. The van der Waals surface area contributed by atoms with Gasteiger partial charge in [0.25, 0.3) is 0 Å². The first-order valence-electron chi connectivity index (χ1n) is 7.75. The van der Waals surface area contributed by atoms with Gasteiger partial charge < -0.3 is 19.7 Å². The second kappa shape index (κ2) is 7.02. The van der Waals surface area contributed by atoms with Crippen LogP contribution in [0.1, 0.15) is 17.8 Å². The quantitative estimate of drug-likeness (QED) is 0.861. The number of amides is 1. The van der Waals surface area contributed by atoms with Crippen molar-refractivity contribution in [2.24, 2.45) is 5.92 Å². The summed E-state index contributed by atoms with van der Waals surface area (Å²) in [6, 6.07) is 1.91. The molecule has 1 aromatic heterocycles. The van der Waals surface area contributed by atoms with Crippen molar-refractivity contribution in [2.45, 2.75) is 19.9 Å². The summed E-state index contributed by atoms with van der Waals surface area (Å²) in [7, 11) is 0. The lowest BCUT2D eigenvalue weighted by Gasteiger charge is -2.27. The number of hydrogen-bond acceptors (Lipinski definition) is 6. The van der Waals surface area contributed by atoms with Gasteiger partial charge >= 0.3 is 0 Å². The lowest BCUT2D eigenvalue weighted by molar-refractivity contribution is -0.125. The van der Waals surface area contributed by atoms with Gasteiger partial charge in [-0.05, 0) is 19.4 Å². The predicted molar refractivity (Wildman–Crippen MR) is 80.6 cm³/mol. The van der Waals surface area contributed by atoms with Crippen LogP contribution in [0, 0.1) is 12.8 Å². The summed E-state index contributed by atoms with van der Waals surface area (Å²) in [5.74, 6) is 0.736. The molecule has 2 fully saturated rings. The third kappa shape index (κ3) is 3.72. The molecule has 1 N–H and O–H groups in total. The van der Waals surface area contributed by atoms with Gasteiger partial charge in [0.15, 0.2) is 0 Å². The summed E-state index contributed by atoms with van der Waals surface area (Å²) >= 11 is 0. The Labute approximate surface area is 130 Å². The summed E-state index contributed by atoms with van der Waals surface area (Å²) in [6.45, 7) is 6.57. The molecule has 1 unspecified atom stereocenters. The van der Waals surface area contributed by atoms with Crippen LogP contribution >= 0.6 is 0 Å². The molecule has 3 rings (SSSR count). The maximum atomic E-state index is 12.0. The molecule has 0 bridgehead atoms. The molecule has 0 saturated carbocycles. The normalized spacial score (nSPS) is 21.9. The van der Waals surface area contributed by atoms with Crippen LogP contribution in [-0.4, -0.2) is 55.4 Å². The van der Waals surface area contributed by atoms with Gasteiger partial charge in [-0.25, -0.2) is 9.97 Å². The molecule has 0 radical (unpaired) electrons. The van der Waals surface area contributed by atoms with Crippen LogP contribution < -0.4 is 10.2 Å². The van der Waals surface area contributed by atoms with E-state index in [1.165, 1.54) is 0 Å². The van der Waals surface area contributed by atoms with E-state index >= 15 is 0 Å². The molecule has 3 heterocycles. The number of hydrogen-bond donors (Lipinski definition) is 1. The molecule has 1 atom stereocenters. The first kappa shape index (κ1) is 15.2. The topological polar surface area (TPSA) is 76.6 Å². The van der Waals surface area contributed by atoms with Crippen LogP contribution in [0.3, 0.4) is 0 Å². The van der Waals surface area contributed by atoms with Crippen molar-refractivity contribution in [3.8, 4) is 0 Å². The van der Waals surface area contributed by atoms with Crippen molar-refractivity contribution in [3.63, 3.8) is 0 Å². The van der Waals surface area contributed by atoms with Crippen molar-refractivity contribution < 1.29 is 14.3 Å². The highest BCUT2D eigenvalue weighted by atomic mass is 16.5. The summed E-state index contributed by atoms with van der Waals surface area (Å²) in [5.41, 5.74) is 1.74. The number of aryl methyl sites for hydroxylation is 1. The third-order valence-corrected chi connectivity index (χ3v) is 3.93.